The van der Waals surface area contributed by atoms with E-state index in [0.717, 1.165) is 11.1 Å². The van der Waals surface area contributed by atoms with Crippen molar-refractivity contribution in [1.29, 1.82) is 0 Å². The van der Waals surface area contributed by atoms with Crippen molar-refractivity contribution in [1.82, 2.24) is 0 Å². The average molecular weight is 303 g/mol. The van der Waals surface area contributed by atoms with Crippen LogP contribution in [0.2, 0.25) is 0 Å². The van der Waals surface area contributed by atoms with Crippen LogP contribution in [0.25, 0.3) is 0 Å². The van der Waals surface area contributed by atoms with E-state index in [9.17, 15) is 9.59 Å². The molecule has 0 fully saturated rings. The van der Waals surface area contributed by atoms with Crippen molar-refractivity contribution in [2.45, 2.75) is 20.8 Å². The molecule has 2 rings (SSSR count). The Morgan fingerprint density at radius 2 is 1.95 bits per heavy atom. The predicted molar refractivity (Wildman–Crippen MR) is 84.1 cm³/mol. The number of benzene rings is 1. The highest BCUT2D eigenvalue weighted by atomic mass is 32.1. The van der Waals surface area contributed by atoms with Crippen LogP contribution < -0.4 is 5.32 Å². The normalized spacial score (nSPS) is 10.2. The molecule has 1 amide bonds. The molecule has 1 aromatic carbocycles. The lowest BCUT2D eigenvalue weighted by molar-refractivity contribution is 0.0528. The minimum absolute atomic E-state index is 0.230. The van der Waals surface area contributed by atoms with Gasteiger partial charge in [-0.1, -0.05) is 6.07 Å². The van der Waals surface area contributed by atoms with E-state index in [1.807, 2.05) is 26.0 Å². The minimum atomic E-state index is -0.422. The second kappa shape index (κ2) is 6.54. The highest BCUT2D eigenvalue weighted by Gasteiger charge is 2.16. The van der Waals surface area contributed by atoms with Gasteiger partial charge in [-0.25, -0.2) is 4.79 Å². The van der Waals surface area contributed by atoms with E-state index in [-0.39, 0.29) is 5.91 Å². The summed E-state index contributed by atoms with van der Waals surface area (Å²) >= 11 is 1.30. The van der Waals surface area contributed by atoms with Crippen LogP contribution in [-0.2, 0) is 4.74 Å². The van der Waals surface area contributed by atoms with Crippen molar-refractivity contribution >= 4 is 28.2 Å². The molecule has 1 heterocycles. The molecule has 0 saturated carbocycles. The van der Waals surface area contributed by atoms with Crippen molar-refractivity contribution in [2.24, 2.45) is 0 Å². The number of carbonyl (C=O) groups excluding carboxylic acids is 2. The Bertz CT molecular complexity index is 676. The summed E-state index contributed by atoms with van der Waals surface area (Å²) in [6.45, 7) is 6.01. The van der Waals surface area contributed by atoms with E-state index in [1.165, 1.54) is 11.3 Å². The molecule has 0 spiro atoms. The molecule has 0 saturated heterocycles. The number of nitrogens with one attached hydrogen (secondary N) is 1. The number of thiophene rings is 1. The lowest BCUT2D eigenvalue weighted by atomic mass is 10.1. The average Bonchev–Trinajstić information content (AvgIpc) is 2.90. The van der Waals surface area contributed by atoms with E-state index in [1.54, 1.807) is 24.4 Å². The number of anilines is 1. The van der Waals surface area contributed by atoms with Gasteiger partial charge < -0.3 is 10.1 Å². The zero-order valence-corrected chi connectivity index (χ0v) is 13.0. The molecule has 0 bridgehead atoms. The van der Waals surface area contributed by atoms with Crippen molar-refractivity contribution in [3.05, 3.63) is 51.9 Å². The quantitative estimate of drug-likeness (QED) is 0.874. The molecular formula is C16H17NO3S. The minimum Gasteiger partial charge on any atom is -0.462 e. The standard InChI is InChI=1S/C16H17NO3S/c1-4-20-16(19)13-7-8-21-15(13)17-14(18)12-6-5-10(2)11(3)9-12/h5-9H,4H2,1-3H3,(H,17,18). The van der Waals surface area contributed by atoms with Crippen LogP contribution in [0.1, 0.15) is 38.8 Å². The van der Waals surface area contributed by atoms with Crippen molar-refractivity contribution in [3.8, 4) is 0 Å². The number of aryl methyl sites for hydroxylation is 2. The van der Waals surface area contributed by atoms with Crippen molar-refractivity contribution in [2.75, 3.05) is 11.9 Å². The first-order valence-electron chi connectivity index (χ1n) is 6.66. The van der Waals surface area contributed by atoms with E-state index in [2.05, 4.69) is 5.32 Å². The molecule has 0 radical (unpaired) electrons. The molecule has 0 aliphatic heterocycles. The third kappa shape index (κ3) is 3.49. The Morgan fingerprint density at radius 1 is 1.19 bits per heavy atom. The molecule has 0 atom stereocenters. The molecule has 21 heavy (non-hydrogen) atoms. The molecule has 4 nitrogen and oxygen atoms in total. The van der Waals surface area contributed by atoms with Crippen LogP contribution in [0.5, 0.6) is 0 Å². The number of rotatable bonds is 4. The van der Waals surface area contributed by atoms with E-state index >= 15 is 0 Å². The Labute approximate surface area is 127 Å². The summed E-state index contributed by atoms with van der Waals surface area (Å²) in [5.41, 5.74) is 3.15. The van der Waals surface area contributed by atoms with Crippen LogP contribution in [0.4, 0.5) is 5.00 Å². The first-order valence-corrected chi connectivity index (χ1v) is 7.54. The maximum absolute atomic E-state index is 12.3. The second-order valence-electron chi connectivity index (χ2n) is 4.64. The summed E-state index contributed by atoms with van der Waals surface area (Å²) in [5, 5.41) is 5.03. The van der Waals surface area contributed by atoms with Gasteiger partial charge in [0.05, 0.1) is 12.2 Å². The molecule has 0 unspecified atom stereocenters. The highest BCUT2D eigenvalue weighted by Crippen LogP contribution is 2.25. The van der Waals surface area contributed by atoms with Gasteiger partial charge in [0.25, 0.3) is 5.91 Å². The highest BCUT2D eigenvalue weighted by molar-refractivity contribution is 7.14. The number of carbonyl (C=O) groups is 2. The Morgan fingerprint density at radius 3 is 2.62 bits per heavy atom. The summed E-state index contributed by atoms with van der Waals surface area (Å²) in [7, 11) is 0. The summed E-state index contributed by atoms with van der Waals surface area (Å²) in [6.07, 6.45) is 0. The Kier molecular flexibility index (Phi) is 4.75. The van der Waals surface area contributed by atoms with E-state index < -0.39 is 5.97 Å². The first-order chi connectivity index (χ1) is 10.0. The first kappa shape index (κ1) is 15.3. The van der Waals surface area contributed by atoms with Gasteiger partial charge in [-0.2, -0.15) is 0 Å². The number of amides is 1. The van der Waals surface area contributed by atoms with Crippen LogP contribution in [0, 0.1) is 13.8 Å². The molecule has 5 heteroatoms. The smallest absolute Gasteiger partial charge is 0.341 e. The second-order valence-corrected chi connectivity index (χ2v) is 5.55. The summed E-state index contributed by atoms with van der Waals surface area (Å²) in [5.74, 6) is -0.653. The molecule has 110 valence electrons. The Balaban J connectivity index is 2.18. The summed E-state index contributed by atoms with van der Waals surface area (Å²) in [6, 6.07) is 7.17. The molecule has 0 aliphatic rings. The zero-order valence-electron chi connectivity index (χ0n) is 12.2. The topological polar surface area (TPSA) is 55.4 Å². The van der Waals surface area contributed by atoms with Crippen molar-refractivity contribution < 1.29 is 14.3 Å². The SMILES string of the molecule is CCOC(=O)c1ccsc1NC(=O)c1ccc(C)c(C)c1. The maximum Gasteiger partial charge on any atom is 0.341 e. The van der Waals surface area contributed by atoms with Gasteiger partial charge in [0.15, 0.2) is 0 Å². The number of hydrogen-bond acceptors (Lipinski definition) is 4. The van der Waals surface area contributed by atoms with Gasteiger partial charge in [0.2, 0.25) is 0 Å². The van der Waals surface area contributed by atoms with Gasteiger partial charge in [0.1, 0.15) is 5.00 Å². The lowest BCUT2D eigenvalue weighted by Crippen LogP contribution is -2.14. The van der Waals surface area contributed by atoms with Crippen LogP contribution in [-0.4, -0.2) is 18.5 Å². The van der Waals surface area contributed by atoms with Crippen LogP contribution >= 0.6 is 11.3 Å². The fourth-order valence-corrected chi connectivity index (χ4v) is 2.60. The van der Waals surface area contributed by atoms with Gasteiger partial charge in [-0.05, 0) is 55.5 Å². The molecule has 2 aromatic rings. The Hall–Kier alpha value is -2.14. The monoisotopic (exact) mass is 303 g/mol. The van der Waals surface area contributed by atoms with E-state index in [0.29, 0.717) is 22.7 Å². The third-order valence-corrected chi connectivity index (χ3v) is 3.99. The number of esters is 1. The molecular weight excluding hydrogens is 286 g/mol. The third-order valence-electron chi connectivity index (χ3n) is 3.16. The molecule has 1 aromatic heterocycles. The predicted octanol–water partition coefficient (Wildman–Crippen LogP) is 3.79. The largest absolute Gasteiger partial charge is 0.462 e. The number of ether oxygens (including phenoxy) is 1. The van der Waals surface area contributed by atoms with Crippen LogP contribution in [0.3, 0.4) is 0 Å². The van der Waals surface area contributed by atoms with E-state index in [4.69, 9.17) is 4.74 Å². The fraction of sp³-hybridized carbons (Fsp3) is 0.250. The fourth-order valence-electron chi connectivity index (χ4n) is 1.83. The van der Waals surface area contributed by atoms with Gasteiger partial charge >= 0.3 is 5.97 Å². The number of hydrogen-bond donors (Lipinski definition) is 1. The van der Waals surface area contributed by atoms with Crippen LogP contribution in [0.15, 0.2) is 29.6 Å². The maximum atomic E-state index is 12.3. The van der Waals surface area contributed by atoms with Crippen molar-refractivity contribution in [3.63, 3.8) is 0 Å². The van der Waals surface area contributed by atoms with Gasteiger partial charge in [-0.15, -0.1) is 11.3 Å². The molecule has 0 aliphatic carbocycles. The molecule has 1 N–H and O–H groups in total. The van der Waals surface area contributed by atoms with Gasteiger partial charge in [-0.3, -0.25) is 4.79 Å². The summed E-state index contributed by atoms with van der Waals surface area (Å²) in [4.78, 5) is 24.0. The van der Waals surface area contributed by atoms with Gasteiger partial charge in [0, 0.05) is 5.56 Å². The lowest BCUT2D eigenvalue weighted by Gasteiger charge is -2.07. The summed E-state index contributed by atoms with van der Waals surface area (Å²) < 4.78 is 4.97. The zero-order chi connectivity index (χ0) is 15.4.